The molecule has 0 atom stereocenters. The Bertz CT molecular complexity index is 514. The van der Waals surface area contributed by atoms with Gasteiger partial charge in [-0.05, 0) is 12.1 Å². The molecule has 0 unspecified atom stereocenters. The summed E-state index contributed by atoms with van der Waals surface area (Å²) < 4.78 is 9.09. The number of pyridine rings is 1. The Kier molecular flexibility index (Phi) is 5.50. The summed E-state index contributed by atoms with van der Waals surface area (Å²) in [6.45, 7) is 0. The van der Waals surface area contributed by atoms with Crippen LogP contribution in [0.4, 0.5) is 0 Å². The van der Waals surface area contributed by atoms with E-state index in [9.17, 15) is 4.79 Å². The van der Waals surface area contributed by atoms with Crippen LogP contribution in [0.2, 0.25) is 0 Å². The van der Waals surface area contributed by atoms with Crippen LogP contribution in [0.5, 0.6) is 0 Å². The molecule has 0 amide bonds. The third-order valence-electron chi connectivity index (χ3n) is 1.88. The van der Waals surface area contributed by atoms with Crippen molar-refractivity contribution in [2.24, 2.45) is 0 Å². The molecule has 2 aromatic rings. The second-order valence-electron chi connectivity index (χ2n) is 2.87. The van der Waals surface area contributed by atoms with E-state index < -0.39 is 15.6 Å². The molecule has 1 N–H and O–H groups in total. The summed E-state index contributed by atoms with van der Waals surface area (Å²) in [5.74, 6) is -0.918. The largest absolute Gasteiger partial charge is 0.582 e. The highest BCUT2D eigenvalue weighted by Crippen LogP contribution is 2.15. The van der Waals surface area contributed by atoms with E-state index in [-0.39, 0.29) is 0 Å². The van der Waals surface area contributed by atoms with E-state index in [0.717, 1.165) is 0 Å². The van der Waals surface area contributed by atoms with Crippen LogP contribution in [-0.2, 0) is 9.60 Å². The minimum atomic E-state index is -1.67. The molecule has 0 aliphatic rings. The van der Waals surface area contributed by atoms with E-state index >= 15 is 0 Å². The van der Waals surface area contributed by atoms with Crippen molar-refractivity contribution in [1.29, 1.82) is 0 Å². The Hall–Kier alpha value is -1.01. The highest BCUT2D eigenvalue weighted by molar-refractivity contribution is 8.31. The van der Waals surface area contributed by atoms with Crippen LogP contribution in [0.15, 0.2) is 36.5 Å². The lowest BCUT2D eigenvalue weighted by Gasteiger charge is -1.99. The van der Waals surface area contributed by atoms with Gasteiger partial charge >= 0.3 is 5.97 Å². The van der Waals surface area contributed by atoms with E-state index in [4.69, 9.17) is 9.66 Å². The van der Waals surface area contributed by atoms with E-state index in [1.54, 1.807) is 18.2 Å². The van der Waals surface area contributed by atoms with Gasteiger partial charge in [-0.2, -0.15) is 0 Å². The van der Waals surface area contributed by atoms with Crippen molar-refractivity contribution >= 4 is 47.8 Å². The highest BCUT2D eigenvalue weighted by Gasteiger charge is 2.06. The minimum absolute atomic E-state index is 0.297. The molecule has 0 saturated carbocycles. The fourth-order valence-corrected chi connectivity index (χ4v) is 1.28. The molecule has 4 nitrogen and oxygen atoms in total. The zero-order chi connectivity index (χ0) is 12.8. The maximum absolute atomic E-state index is 10.8. The topological polar surface area (TPSA) is 73.2 Å². The smallest absolute Gasteiger partial charge is 0.336 e. The number of para-hydroxylation sites is 1. The third-order valence-corrected chi connectivity index (χ3v) is 1.88. The predicted molar refractivity (Wildman–Crippen MR) is 68.6 cm³/mol. The molecule has 1 aromatic carbocycles. The fourth-order valence-electron chi connectivity index (χ4n) is 1.28. The van der Waals surface area contributed by atoms with Gasteiger partial charge in [0.2, 0.25) is 0 Å². The average molecular weight is 292 g/mol. The number of halogens is 2. The first-order valence-corrected chi connectivity index (χ1v) is 7.14. The van der Waals surface area contributed by atoms with Crippen molar-refractivity contribution in [3.05, 3.63) is 42.1 Å². The van der Waals surface area contributed by atoms with Crippen molar-refractivity contribution in [3.8, 4) is 0 Å². The van der Waals surface area contributed by atoms with E-state index in [0.29, 0.717) is 16.5 Å². The molecule has 1 aromatic heterocycles. The van der Waals surface area contributed by atoms with E-state index in [2.05, 4.69) is 26.3 Å². The molecular weight excluding hydrogens is 285 g/mol. The lowest BCUT2D eigenvalue weighted by Crippen LogP contribution is -1.97. The number of rotatable bonds is 1. The van der Waals surface area contributed by atoms with Crippen molar-refractivity contribution in [1.82, 2.24) is 4.98 Å². The van der Waals surface area contributed by atoms with Gasteiger partial charge in [-0.25, -0.2) is 4.79 Å². The number of benzene rings is 1. The second-order valence-corrected chi connectivity index (χ2v) is 5.39. The number of aromatic nitrogens is 1. The number of hydrogen-bond acceptors (Lipinski definition) is 3. The molecule has 0 saturated heterocycles. The van der Waals surface area contributed by atoms with Crippen LogP contribution in [0.25, 0.3) is 10.9 Å². The molecule has 0 aliphatic heterocycles. The normalized spacial score (nSPS) is 9.88. The Labute approximate surface area is 109 Å². The Morgan fingerprint density at radius 3 is 2.47 bits per heavy atom. The third kappa shape index (κ3) is 4.40. The molecule has 0 fully saturated rings. The summed E-state index contributed by atoms with van der Waals surface area (Å²) in [5, 5.41) is 9.53. The molecule has 7 heteroatoms. The first-order valence-electron chi connectivity index (χ1n) is 4.33. The van der Waals surface area contributed by atoms with Crippen LogP contribution in [0.3, 0.4) is 0 Å². The first-order chi connectivity index (χ1) is 8.02. The summed E-state index contributed by atoms with van der Waals surface area (Å²) in [7, 11) is 7.36. The maximum atomic E-state index is 10.8. The zero-order valence-corrected chi connectivity index (χ0v) is 10.7. The van der Waals surface area contributed by atoms with Crippen molar-refractivity contribution in [3.63, 3.8) is 0 Å². The number of carboxylic acids is 1. The van der Waals surface area contributed by atoms with E-state index in [1.807, 2.05) is 6.07 Å². The van der Waals surface area contributed by atoms with Crippen LogP contribution in [-0.4, -0.2) is 20.6 Å². The van der Waals surface area contributed by atoms with Crippen molar-refractivity contribution in [2.75, 3.05) is 0 Å². The first kappa shape index (κ1) is 14.1. The molecule has 0 spiro atoms. The van der Waals surface area contributed by atoms with Crippen LogP contribution in [0, 0.1) is 0 Å². The van der Waals surface area contributed by atoms with Gasteiger partial charge in [-0.1, -0.05) is 18.2 Å². The lowest BCUT2D eigenvalue weighted by atomic mass is 10.1. The van der Waals surface area contributed by atoms with Gasteiger partial charge in [0.05, 0.1) is 11.1 Å². The SMILES string of the molecule is O=C(O)c1ccnc2ccccc12.[O-][S+](Cl)Cl. The number of fused-ring (bicyclic) bond motifs is 1. The van der Waals surface area contributed by atoms with Gasteiger partial charge in [0.1, 0.15) is 0 Å². The van der Waals surface area contributed by atoms with Gasteiger partial charge in [0.25, 0.3) is 0 Å². The molecule has 2 rings (SSSR count). The Morgan fingerprint density at radius 2 is 1.88 bits per heavy atom. The zero-order valence-electron chi connectivity index (χ0n) is 8.34. The number of carbonyl (C=O) groups is 1. The van der Waals surface area contributed by atoms with Crippen molar-refractivity contribution in [2.45, 2.75) is 0 Å². The average Bonchev–Trinajstić information content (AvgIpc) is 2.27. The molecule has 0 bridgehead atoms. The number of hydrogen-bond donors (Lipinski definition) is 1. The van der Waals surface area contributed by atoms with Gasteiger partial charge in [0, 0.05) is 11.6 Å². The molecule has 90 valence electrons. The van der Waals surface area contributed by atoms with Gasteiger partial charge in [0.15, 0.2) is 31.0 Å². The number of nitrogens with zero attached hydrogens (tertiary/aromatic N) is 1. The van der Waals surface area contributed by atoms with Gasteiger partial charge in [-0.3, -0.25) is 4.98 Å². The summed E-state index contributed by atoms with van der Waals surface area (Å²) in [5.41, 5.74) is 1.01. The molecule has 1 heterocycles. The van der Waals surface area contributed by atoms with Crippen LogP contribution < -0.4 is 0 Å². The van der Waals surface area contributed by atoms with Crippen LogP contribution in [0.1, 0.15) is 10.4 Å². The van der Waals surface area contributed by atoms with Gasteiger partial charge in [-0.15, -0.1) is 0 Å². The molecule has 17 heavy (non-hydrogen) atoms. The van der Waals surface area contributed by atoms with Crippen molar-refractivity contribution < 1.29 is 14.5 Å². The molecule has 0 radical (unpaired) electrons. The summed E-state index contributed by atoms with van der Waals surface area (Å²) >= 11 is 0. The predicted octanol–water partition coefficient (Wildman–Crippen LogP) is 2.98. The second kappa shape index (κ2) is 6.66. The van der Waals surface area contributed by atoms with Gasteiger partial charge < -0.3 is 9.66 Å². The number of aromatic carboxylic acids is 1. The quantitative estimate of drug-likeness (QED) is 0.820. The summed E-state index contributed by atoms with van der Waals surface area (Å²) in [4.78, 5) is 14.8. The Morgan fingerprint density at radius 1 is 1.29 bits per heavy atom. The molecule has 0 aliphatic carbocycles. The standard InChI is InChI=1S/C10H7NO2.Cl2OS/c12-10(13)8-5-6-11-9-4-2-1-3-7(8)9;1-4(2)3/h1-6H,(H,12,13);. The number of carboxylic acid groups (broad SMARTS) is 1. The molecular formula is C10H7Cl2NO3S. The Balaban J connectivity index is 0.000000317. The maximum Gasteiger partial charge on any atom is 0.336 e. The summed E-state index contributed by atoms with van der Waals surface area (Å²) in [6.07, 6.45) is 1.51. The summed E-state index contributed by atoms with van der Waals surface area (Å²) in [6, 6.07) is 8.69. The minimum Gasteiger partial charge on any atom is -0.582 e. The van der Waals surface area contributed by atoms with E-state index in [1.165, 1.54) is 12.3 Å². The van der Waals surface area contributed by atoms with Crippen LogP contribution >= 0.6 is 21.4 Å². The fraction of sp³-hybridized carbons (Fsp3) is 0. The lowest BCUT2D eigenvalue weighted by molar-refractivity contribution is 0.0699. The highest BCUT2D eigenvalue weighted by atomic mass is 36.0. The monoisotopic (exact) mass is 291 g/mol.